The molecule has 0 aromatic heterocycles. The Bertz CT molecular complexity index is 1070. The highest BCUT2D eigenvalue weighted by atomic mass is 28.4. The van der Waals surface area contributed by atoms with E-state index >= 15 is 0 Å². The molecule has 2 aromatic rings. The Morgan fingerprint density at radius 2 is 1.54 bits per heavy atom. The molecule has 2 heterocycles. The van der Waals surface area contributed by atoms with Gasteiger partial charge in [0.2, 0.25) is 5.91 Å². The molecule has 212 valence electrons. The van der Waals surface area contributed by atoms with E-state index in [9.17, 15) is 9.59 Å². The molecule has 39 heavy (non-hydrogen) atoms. The number of benzene rings is 2. The van der Waals surface area contributed by atoms with Gasteiger partial charge < -0.3 is 18.6 Å². The normalized spacial score (nSPS) is 22.7. The van der Waals surface area contributed by atoms with Gasteiger partial charge in [0, 0.05) is 6.61 Å². The summed E-state index contributed by atoms with van der Waals surface area (Å²) >= 11 is 0. The number of hydrogen-bond acceptors (Lipinski definition) is 6. The molecule has 0 bridgehead atoms. The van der Waals surface area contributed by atoms with E-state index in [0.717, 1.165) is 29.6 Å². The van der Waals surface area contributed by atoms with Gasteiger partial charge in [-0.2, -0.15) is 0 Å². The minimum atomic E-state index is -2.91. The average molecular weight is 554 g/mol. The topological polar surface area (TPSA) is 74.3 Å². The van der Waals surface area contributed by atoms with Crippen LogP contribution in [-0.4, -0.2) is 62.5 Å². The van der Waals surface area contributed by atoms with E-state index in [-0.39, 0.29) is 24.0 Å². The number of amides is 2. The maximum Gasteiger partial charge on any atom is 0.417 e. The Morgan fingerprint density at radius 3 is 2.03 bits per heavy atom. The average Bonchev–Trinajstić information content (AvgIpc) is 3.19. The van der Waals surface area contributed by atoms with E-state index in [1.54, 1.807) is 20.8 Å². The maximum atomic E-state index is 13.3. The quantitative estimate of drug-likeness (QED) is 0.449. The fourth-order valence-electron chi connectivity index (χ4n) is 5.61. The SMILES string of the molecule is CC(C)(C)OC(=O)N1C(=O)CC(OC2CCCCO2)[C@H]1CO[Si](c1ccccc1)(c1ccccc1)C(C)(C)C. The largest absolute Gasteiger partial charge is 0.443 e. The van der Waals surface area contributed by atoms with Crippen LogP contribution in [0.5, 0.6) is 0 Å². The lowest BCUT2D eigenvalue weighted by atomic mass is 10.1. The number of ether oxygens (including phenoxy) is 3. The third kappa shape index (κ3) is 6.62. The van der Waals surface area contributed by atoms with Crippen LogP contribution in [0.15, 0.2) is 60.7 Å². The number of carbonyl (C=O) groups excluding carboxylic acids is 2. The molecule has 7 nitrogen and oxygen atoms in total. The fraction of sp³-hybridized carbons (Fsp3) is 0.548. The van der Waals surface area contributed by atoms with Crippen molar-refractivity contribution < 1.29 is 28.2 Å². The molecule has 2 saturated heterocycles. The molecule has 0 radical (unpaired) electrons. The van der Waals surface area contributed by atoms with Gasteiger partial charge in [0.05, 0.1) is 25.2 Å². The second-order valence-electron chi connectivity index (χ2n) is 12.5. The third-order valence-corrected chi connectivity index (χ3v) is 12.4. The van der Waals surface area contributed by atoms with Crippen molar-refractivity contribution in [3.63, 3.8) is 0 Å². The van der Waals surface area contributed by atoms with Gasteiger partial charge in [-0.25, -0.2) is 9.69 Å². The molecule has 2 aliphatic heterocycles. The molecule has 2 amide bonds. The summed E-state index contributed by atoms with van der Waals surface area (Å²) in [5.74, 6) is -0.318. The second-order valence-corrected chi connectivity index (χ2v) is 16.8. The highest BCUT2D eigenvalue weighted by molar-refractivity contribution is 6.99. The first-order chi connectivity index (χ1) is 18.4. The Balaban J connectivity index is 1.72. The standard InChI is InChI=1S/C31H43NO6Si/c1-30(2,3)38-29(34)32-25(26(21-27(32)33)37-28-19-13-14-20-35-28)22-36-39(31(4,5)6,23-15-9-7-10-16-23)24-17-11-8-12-18-24/h7-12,15-18,25-26,28H,13-14,19-22H2,1-6H3/t25-,26?,28?/m1/s1. The Kier molecular flexibility index (Phi) is 9.00. The van der Waals surface area contributed by atoms with Gasteiger partial charge in [-0.05, 0) is 55.4 Å². The molecule has 8 heteroatoms. The van der Waals surface area contributed by atoms with E-state index in [2.05, 4.69) is 45.0 Å². The van der Waals surface area contributed by atoms with Crippen LogP contribution in [0.4, 0.5) is 4.79 Å². The van der Waals surface area contributed by atoms with Crippen molar-refractivity contribution in [2.24, 2.45) is 0 Å². The Labute approximate surface area is 233 Å². The highest BCUT2D eigenvalue weighted by Gasteiger charge is 2.53. The Hall–Kier alpha value is -2.52. The van der Waals surface area contributed by atoms with Crippen molar-refractivity contribution in [3.05, 3.63) is 60.7 Å². The molecule has 0 spiro atoms. The lowest BCUT2D eigenvalue weighted by molar-refractivity contribution is -0.193. The fourth-order valence-corrected chi connectivity index (χ4v) is 10.2. The zero-order valence-electron chi connectivity index (χ0n) is 24.1. The number of rotatable bonds is 7. The summed E-state index contributed by atoms with van der Waals surface area (Å²) in [6.45, 7) is 12.8. The summed E-state index contributed by atoms with van der Waals surface area (Å²) in [6, 6.07) is 20.0. The van der Waals surface area contributed by atoms with Crippen molar-refractivity contribution in [2.75, 3.05) is 13.2 Å². The van der Waals surface area contributed by atoms with E-state index in [1.165, 1.54) is 4.90 Å². The summed E-state index contributed by atoms with van der Waals surface area (Å²) < 4.78 is 25.0. The van der Waals surface area contributed by atoms with Gasteiger partial charge >= 0.3 is 6.09 Å². The van der Waals surface area contributed by atoms with Crippen LogP contribution in [0.3, 0.4) is 0 Å². The number of nitrogens with zero attached hydrogens (tertiary/aromatic N) is 1. The van der Waals surface area contributed by atoms with Gasteiger partial charge in [-0.1, -0.05) is 81.4 Å². The first-order valence-electron chi connectivity index (χ1n) is 14.0. The van der Waals surface area contributed by atoms with Crippen molar-refractivity contribution >= 4 is 30.7 Å². The molecule has 2 fully saturated rings. The first-order valence-corrected chi connectivity index (χ1v) is 15.9. The molecule has 0 saturated carbocycles. The molecule has 4 rings (SSSR count). The Morgan fingerprint density at radius 1 is 0.949 bits per heavy atom. The van der Waals surface area contributed by atoms with E-state index in [0.29, 0.717) is 6.61 Å². The van der Waals surface area contributed by atoms with Gasteiger partial charge in [0.25, 0.3) is 8.32 Å². The summed E-state index contributed by atoms with van der Waals surface area (Å²) in [5.41, 5.74) is -0.744. The lowest BCUT2D eigenvalue weighted by Gasteiger charge is -2.44. The van der Waals surface area contributed by atoms with Crippen LogP contribution in [0.1, 0.15) is 67.2 Å². The van der Waals surface area contributed by atoms with Crippen LogP contribution in [-0.2, 0) is 23.4 Å². The number of imide groups is 1. The van der Waals surface area contributed by atoms with Crippen LogP contribution >= 0.6 is 0 Å². The molecule has 3 atom stereocenters. The lowest BCUT2D eigenvalue weighted by Crippen LogP contribution is -2.67. The van der Waals surface area contributed by atoms with Crippen molar-refractivity contribution in [1.29, 1.82) is 0 Å². The summed E-state index contributed by atoms with van der Waals surface area (Å²) in [7, 11) is -2.91. The van der Waals surface area contributed by atoms with E-state index in [1.807, 2.05) is 36.4 Å². The van der Waals surface area contributed by atoms with Gasteiger partial charge in [0.1, 0.15) is 5.60 Å². The van der Waals surface area contributed by atoms with Gasteiger partial charge in [-0.3, -0.25) is 4.79 Å². The first kappa shape index (κ1) is 29.5. The smallest absolute Gasteiger partial charge is 0.417 e. The number of carbonyl (C=O) groups is 2. The second kappa shape index (κ2) is 11.9. The van der Waals surface area contributed by atoms with Crippen LogP contribution in [0.2, 0.25) is 5.04 Å². The van der Waals surface area contributed by atoms with Crippen molar-refractivity contribution in [3.8, 4) is 0 Å². The van der Waals surface area contributed by atoms with Crippen LogP contribution in [0.25, 0.3) is 0 Å². The highest BCUT2D eigenvalue weighted by Crippen LogP contribution is 2.38. The molecule has 0 aliphatic carbocycles. The monoisotopic (exact) mass is 553 g/mol. The molecule has 2 aliphatic rings. The van der Waals surface area contributed by atoms with Crippen LogP contribution in [0, 0.1) is 0 Å². The molecular formula is C31H43NO6Si. The zero-order chi connectivity index (χ0) is 28.3. The van der Waals surface area contributed by atoms with E-state index in [4.69, 9.17) is 18.6 Å². The molecule has 2 aromatic carbocycles. The van der Waals surface area contributed by atoms with E-state index < -0.39 is 38.4 Å². The third-order valence-electron chi connectivity index (χ3n) is 7.35. The molecule has 0 N–H and O–H groups in total. The number of likely N-dealkylation sites (tertiary alicyclic amines) is 1. The summed E-state index contributed by atoms with van der Waals surface area (Å²) in [5, 5.41) is 2.01. The predicted molar refractivity (Wildman–Crippen MR) is 154 cm³/mol. The van der Waals surface area contributed by atoms with Gasteiger partial charge in [-0.15, -0.1) is 0 Å². The minimum absolute atomic E-state index is 0.0773. The minimum Gasteiger partial charge on any atom is -0.443 e. The molecule has 2 unspecified atom stereocenters. The maximum absolute atomic E-state index is 13.3. The number of hydrogen-bond donors (Lipinski definition) is 0. The van der Waals surface area contributed by atoms with Crippen LogP contribution < -0.4 is 10.4 Å². The van der Waals surface area contributed by atoms with Gasteiger partial charge in [0.15, 0.2) is 6.29 Å². The summed E-state index contributed by atoms with van der Waals surface area (Å²) in [4.78, 5) is 27.8. The summed E-state index contributed by atoms with van der Waals surface area (Å²) in [6.07, 6.45) is 1.22. The molecular weight excluding hydrogens is 510 g/mol. The van der Waals surface area contributed by atoms with Crippen molar-refractivity contribution in [1.82, 2.24) is 4.90 Å². The zero-order valence-corrected chi connectivity index (χ0v) is 25.1. The predicted octanol–water partition coefficient (Wildman–Crippen LogP) is 5.01. The van der Waals surface area contributed by atoms with Crippen molar-refractivity contribution in [2.45, 2.75) is 96.3 Å².